The van der Waals surface area contributed by atoms with Crippen molar-refractivity contribution in [2.45, 2.75) is 33.6 Å². The first kappa shape index (κ1) is 15.9. The second kappa shape index (κ2) is 7.27. The van der Waals surface area contributed by atoms with E-state index in [2.05, 4.69) is 0 Å². The number of likely N-dealkylation sites (N-methyl/N-ethyl adjacent to an activating group) is 1. The maximum absolute atomic E-state index is 12.0. The number of ether oxygens (including phenoxy) is 1. The molecule has 5 nitrogen and oxygen atoms in total. The SMILES string of the molecule is CCN(CCOC)C(=O)CC(C)(C)CC(=O)O. The molecule has 0 aliphatic heterocycles. The van der Waals surface area contributed by atoms with E-state index in [-0.39, 0.29) is 18.7 Å². The molecule has 5 heteroatoms. The molecule has 0 saturated heterocycles. The van der Waals surface area contributed by atoms with Crippen LogP contribution in [0.1, 0.15) is 33.6 Å². The van der Waals surface area contributed by atoms with Crippen LogP contribution in [-0.2, 0) is 14.3 Å². The average molecular weight is 245 g/mol. The maximum atomic E-state index is 12.0. The molecule has 100 valence electrons. The minimum absolute atomic E-state index is 0.000568. The van der Waals surface area contributed by atoms with Crippen molar-refractivity contribution in [2.24, 2.45) is 5.41 Å². The van der Waals surface area contributed by atoms with Crippen LogP contribution in [0, 0.1) is 5.41 Å². The Labute approximate surface area is 103 Å². The van der Waals surface area contributed by atoms with Gasteiger partial charge in [-0.2, -0.15) is 0 Å². The van der Waals surface area contributed by atoms with E-state index in [1.165, 1.54) is 0 Å². The number of carbonyl (C=O) groups excluding carboxylic acids is 1. The lowest BCUT2D eigenvalue weighted by atomic mass is 9.85. The van der Waals surface area contributed by atoms with Crippen LogP contribution in [0.15, 0.2) is 0 Å². The fraction of sp³-hybridized carbons (Fsp3) is 0.833. The number of carbonyl (C=O) groups is 2. The summed E-state index contributed by atoms with van der Waals surface area (Å²) < 4.78 is 4.93. The normalized spacial score (nSPS) is 11.3. The number of aliphatic carboxylic acids is 1. The van der Waals surface area contributed by atoms with Gasteiger partial charge >= 0.3 is 5.97 Å². The molecular weight excluding hydrogens is 222 g/mol. The number of rotatable bonds is 8. The molecular formula is C12H23NO4. The molecule has 0 aromatic carbocycles. The van der Waals surface area contributed by atoms with Crippen molar-refractivity contribution >= 4 is 11.9 Å². The van der Waals surface area contributed by atoms with Gasteiger partial charge < -0.3 is 14.7 Å². The number of carboxylic acid groups (broad SMARTS) is 1. The minimum Gasteiger partial charge on any atom is -0.481 e. The predicted octanol–water partition coefficient (Wildman–Crippen LogP) is 1.37. The Morgan fingerprint density at radius 2 is 1.88 bits per heavy atom. The Morgan fingerprint density at radius 3 is 2.29 bits per heavy atom. The zero-order valence-corrected chi connectivity index (χ0v) is 11.2. The van der Waals surface area contributed by atoms with Gasteiger partial charge in [0.1, 0.15) is 0 Å². The Kier molecular flexibility index (Phi) is 6.80. The molecule has 0 rings (SSSR count). The highest BCUT2D eigenvalue weighted by atomic mass is 16.5. The molecule has 0 saturated carbocycles. The number of amides is 1. The summed E-state index contributed by atoms with van der Waals surface area (Å²) in [7, 11) is 1.59. The van der Waals surface area contributed by atoms with Gasteiger partial charge in [-0.05, 0) is 12.3 Å². The predicted molar refractivity (Wildman–Crippen MR) is 64.8 cm³/mol. The summed E-state index contributed by atoms with van der Waals surface area (Å²) in [6, 6.07) is 0. The maximum Gasteiger partial charge on any atom is 0.303 e. The van der Waals surface area contributed by atoms with Gasteiger partial charge in [0.25, 0.3) is 0 Å². The quantitative estimate of drug-likeness (QED) is 0.701. The van der Waals surface area contributed by atoms with Gasteiger partial charge in [-0.15, -0.1) is 0 Å². The fourth-order valence-electron chi connectivity index (χ4n) is 1.65. The molecule has 0 fully saturated rings. The first-order chi connectivity index (χ1) is 7.82. The van der Waals surface area contributed by atoms with Crippen LogP contribution in [-0.4, -0.2) is 48.7 Å². The molecule has 0 radical (unpaired) electrons. The van der Waals surface area contributed by atoms with E-state index in [1.54, 1.807) is 25.9 Å². The van der Waals surface area contributed by atoms with Crippen LogP contribution in [0.25, 0.3) is 0 Å². The van der Waals surface area contributed by atoms with Gasteiger partial charge in [0.15, 0.2) is 0 Å². The molecule has 0 aromatic rings. The van der Waals surface area contributed by atoms with E-state index in [0.29, 0.717) is 19.7 Å². The second-order valence-corrected chi connectivity index (χ2v) is 4.88. The smallest absolute Gasteiger partial charge is 0.303 e. The number of methoxy groups -OCH3 is 1. The van der Waals surface area contributed by atoms with Gasteiger partial charge in [0.2, 0.25) is 5.91 Å². The van der Waals surface area contributed by atoms with Gasteiger partial charge in [0.05, 0.1) is 13.0 Å². The lowest BCUT2D eigenvalue weighted by Gasteiger charge is -2.27. The van der Waals surface area contributed by atoms with Gasteiger partial charge in [0, 0.05) is 26.6 Å². The van der Waals surface area contributed by atoms with Crippen molar-refractivity contribution < 1.29 is 19.4 Å². The summed E-state index contributed by atoms with van der Waals surface area (Å²) in [5.41, 5.74) is -0.511. The zero-order valence-electron chi connectivity index (χ0n) is 11.2. The van der Waals surface area contributed by atoms with Gasteiger partial charge in [-0.3, -0.25) is 9.59 Å². The molecule has 0 aliphatic carbocycles. The Bertz CT molecular complexity index is 263. The molecule has 0 unspecified atom stereocenters. The van der Waals surface area contributed by atoms with Crippen LogP contribution in [0.2, 0.25) is 0 Å². The summed E-state index contributed by atoms with van der Waals surface area (Å²) in [6.45, 7) is 7.16. The van der Waals surface area contributed by atoms with Crippen molar-refractivity contribution in [3.05, 3.63) is 0 Å². The third kappa shape index (κ3) is 6.94. The first-order valence-electron chi connectivity index (χ1n) is 5.81. The summed E-state index contributed by atoms with van der Waals surface area (Å²) >= 11 is 0. The molecule has 1 N–H and O–H groups in total. The molecule has 0 aromatic heterocycles. The molecule has 0 heterocycles. The number of carboxylic acids is 1. The topological polar surface area (TPSA) is 66.8 Å². The molecule has 17 heavy (non-hydrogen) atoms. The Morgan fingerprint density at radius 1 is 1.29 bits per heavy atom. The number of hydrogen-bond acceptors (Lipinski definition) is 3. The van der Waals surface area contributed by atoms with Crippen molar-refractivity contribution in [2.75, 3.05) is 26.8 Å². The minimum atomic E-state index is -0.872. The Hall–Kier alpha value is -1.10. The lowest BCUT2D eigenvalue weighted by molar-refractivity contribution is -0.140. The van der Waals surface area contributed by atoms with E-state index < -0.39 is 11.4 Å². The average Bonchev–Trinajstić information content (AvgIpc) is 2.15. The third-order valence-electron chi connectivity index (χ3n) is 2.56. The summed E-state index contributed by atoms with van der Waals surface area (Å²) in [6.07, 6.45) is 0.247. The summed E-state index contributed by atoms with van der Waals surface area (Å²) in [4.78, 5) is 24.3. The lowest BCUT2D eigenvalue weighted by Crippen LogP contribution is -2.36. The molecule has 0 atom stereocenters. The molecule has 0 spiro atoms. The van der Waals surface area contributed by atoms with Crippen molar-refractivity contribution in [1.29, 1.82) is 0 Å². The van der Waals surface area contributed by atoms with Crippen LogP contribution in [0.3, 0.4) is 0 Å². The molecule has 1 amide bonds. The molecule has 0 bridgehead atoms. The summed E-state index contributed by atoms with van der Waals surface area (Å²) in [5.74, 6) is -0.890. The van der Waals surface area contributed by atoms with Crippen LogP contribution >= 0.6 is 0 Å². The standard InChI is InChI=1S/C12H23NO4/c1-5-13(6-7-17-4)10(14)8-12(2,3)9-11(15)16/h5-9H2,1-4H3,(H,15,16). The highest BCUT2D eigenvalue weighted by Gasteiger charge is 2.27. The zero-order chi connectivity index (χ0) is 13.5. The van der Waals surface area contributed by atoms with E-state index in [1.807, 2.05) is 6.92 Å². The first-order valence-corrected chi connectivity index (χ1v) is 5.81. The van der Waals surface area contributed by atoms with E-state index in [9.17, 15) is 9.59 Å². The largest absolute Gasteiger partial charge is 0.481 e. The van der Waals surface area contributed by atoms with Crippen LogP contribution < -0.4 is 0 Å². The van der Waals surface area contributed by atoms with E-state index in [0.717, 1.165) is 0 Å². The second-order valence-electron chi connectivity index (χ2n) is 4.88. The van der Waals surface area contributed by atoms with Crippen LogP contribution in [0.5, 0.6) is 0 Å². The third-order valence-corrected chi connectivity index (χ3v) is 2.56. The highest BCUT2D eigenvalue weighted by Crippen LogP contribution is 2.25. The van der Waals surface area contributed by atoms with Crippen molar-refractivity contribution in [3.63, 3.8) is 0 Å². The number of nitrogens with zero attached hydrogens (tertiary/aromatic N) is 1. The fourth-order valence-corrected chi connectivity index (χ4v) is 1.65. The van der Waals surface area contributed by atoms with Crippen molar-refractivity contribution in [3.8, 4) is 0 Å². The Balaban J connectivity index is 4.33. The van der Waals surface area contributed by atoms with E-state index in [4.69, 9.17) is 9.84 Å². The number of hydrogen-bond donors (Lipinski definition) is 1. The van der Waals surface area contributed by atoms with Crippen molar-refractivity contribution in [1.82, 2.24) is 4.90 Å². The van der Waals surface area contributed by atoms with Gasteiger partial charge in [-0.1, -0.05) is 13.8 Å². The van der Waals surface area contributed by atoms with Crippen LogP contribution in [0.4, 0.5) is 0 Å². The van der Waals surface area contributed by atoms with Gasteiger partial charge in [-0.25, -0.2) is 0 Å². The molecule has 0 aliphatic rings. The summed E-state index contributed by atoms with van der Waals surface area (Å²) in [5, 5.41) is 8.75. The highest BCUT2D eigenvalue weighted by molar-refractivity contribution is 5.78. The monoisotopic (exact) mass is 245 g/mol. The van der Waals surface area contributed by atoms with E-state index >= 15 is 0 Å².